The van der Waals surface area contributed by atoms with Gasteiger partial charge < -0.3 is 4.74 Å². The zero-order valence-corrected chi connectivity index (χ0v) is 19.1. The van der Waals surface area contributed by atoms with Crippen LogP contribution in [0.5, 0.6) is 0 Å². The zero-order chi connectivity index (χ0) is 22.0. The SMILES string of the molecule is FC(F)(F)c1ncc(CCCC[C@@]2(c3ccccn3)CCOC3(CCCC3)C2)cc1Br. The van der Waals surface area contributed by atoms with E-state index in [1.165, 1.54) is 19.0 Å². The fourth-order valence-corrected chi connectivity index (χ4v) is 6.03. The number of aromatic nitrogens is 2. The molecule has 2 aliphatic rings. The molecule has 2 aromatic rings. The molecule has 1 atom stereocenters. The predicted octanol–water partition coefficient (Wildman–Crippen LogP) is 7.03. The molecule has 0 N–H and O–H groups in total. The standard InChI is InChI=1S/C24H28BrF3N2O/c25-19-15-18(16-30-21(19)24(26,27)28)7-1-3-9-22(20-8-2-6-13-29-20)12-14-31-23(17-22)10-4-5-11-23/h2,6,8,13,15-16H,1,3-5,7,9-12,14,17H2/t22-/m1/s1. The van der Waals surface area contributed by atoms with Crippen LogP contribution in [0.25, 0.3) is 0 Å². The zero-order valence-electron chi connectivity index (χ0n) is 17.6. The highest BCUT2D eigenvalue weighted by Gasteiger charge is 2.48. The summed E-state index contributed by atoms with van der Waals surface area (Å²) in [4.78, 5) is 8.36. The van der Waals surface area contributed by atoms with Crippen molar-refractivity contribution in [3.05, 3.63) is 58.1 Å². The van der Waals surface area contributed by atoms with Crippen molar-refractivity contribution in [3.8, 4) is 0 Å². The van der Waals surface area contributed by atoms with Crippen molar-refractivity contribution in [1.29, 1.82) is 0 Å². The van der Waals surface area contributed by atoms with Crippen LogP contribution in [0.15, 0.2) is 41.1 Å². The third kappa shape index (κ3) is 5.14. The molecule has 1 saturated heterocycles. The van der Waals surface area contributed by atoms with Gasteiger partial charge in [-0.1, -0.05) is 25.3 Å². The molecule has 1 spiro atoms. The summed E-state index contributed by atoms with van der Waals surface area (Å²) in [5.74, 6) is 0. The topological polar surface area (TPSA) is 35.0 Å². The van der Waals surface area contributed by atoms with Gasteiger partial charge in [-0.3, -0.25) is 9.97 Å². The van der Waals surface area contributed by atoms with E-state index in [-0.39, 0.29) is 15.5 Å². The minimum absolute atomic E-state index is 0.00200. The minimum Gasteiger partial charge on any atom is -0.375 e. The summed E-state index contributed by atoms with van der Waals surface area (Å²) < 4.78 is 45.0. The van der Waals surface area contributed by atoms with E-state index >= 15 is 0 Å². The van der Waals surface area contributed by atoms with Crippen molar-refractivity contribution < 1.29 is 17.9 Å². The second kappa shape index (κ2) is 9.18. The van der Waals surface area contributed by atoms with Crippen LogP contribution in [0, 0.1) is 0 Å². The highest BCUT2D eigenvalue weighted by molar-refractivity contribution is 9.10. The normalized spacial score (nSPS) is 23.4. The monoisotopic (exact) mass is 496 g/mol. The number of alkyl halides is 3. The fourth-order valence-electron chi connectivity index (χ4n) is 5.41. The Morgan fingerprint density at radius 1 is 1.06 bits per heavy atom. The van der Waals surface area contributed by atoms with Gasteiger partial charge in [-0.25, -0.2) is 0 Å². The first-order valence-electron chi connectivity index (χ1n) is 11.1. The molecule has 2 fully saturated rings. The summed E-state index contributed by atoms with van der Waals surface area (Å²) in [5, 5.41) is 0. The minimum atomic E-state index is -4.44. The van der Waals surface area contributed by atoms with E-state index in [0.29, 0.717) is 6.42 Å². The number of hydrogen-bond acceptors (Lipinski definition) is 3. The first-order chi connectivity index (χ1) is 14.8. The van der Waals surface area contributed by atoms with Crippen LogP contribution in [0.3, 0.4) is 0 Å². The van der Waals surface area contributed by atoms with Gasteiger partial charge in [0.15, 0.2) is 5.69 Å². The smallest absolute Gasteiger partial charge is 0.375 e. The second-order valence-corrected chi connectivity index (χ2v) is 9.89. The summed E-state index contributed by atoms with van der Waals surface area (Å²) in [6.45, 7) is 0.770. The quantitative estimate of drug-likeness (QED) is 0.402. The van der Waals surface area contributed by atoms with Crippen molar-refractivity contribution in [2.24, 2.45) is 0 Å². The van der Waals surface area contributed by atoms with Crippen molar-refractivity contribution in [2.75, 3.05) is 6.61 Å². The van der Waals surface area contributed by atoms with Gasteiger partial charge >= 0.3 is 6.18 Å². The molecule has 1 saturated carbocycles. The number of nitrogens with zero attached hydrogens (tertiary/aromatic N) is 2. The van der Waals surface area contributed by atoms with Crippen LogP contribution in [-0.4, -0.2) is 22.2 Å². The third-order valence-corrected chi connectivity index (χ3v) is 7.51. The van der Waals surface area contributed by atoms with Crippen LogP contribution < -0.4 is 0 Å². The molecule has 1 aliphatic carbocycles. The molecule has 7 heteroatoms. The lowest BCUT2D eigenvalue weighted by Crippen LogP contribution is -2.46. The molecule has 31 heavy (non-hydrogen) atoms. The lowest BCUT2D eigenvalue weighted by Gasteiger charge is -2.46. The van der Waals surface area contributed by atoms with Crippen LogP contribution in [0.2, 0.25) is 0 Å². The van der Waals surface area contributed by atoms with E-state index in [4.69, 9.17) is 9.72 Å². The Balaban J connectivity index is 1.42. The van der Waals surface area contributed by atoms with Crippen LogP contribution in [-0.2, 0) is 22.7 Å². The average molecular weight is 497 g/mol. The molecule has 0 aromatic carbocycles. The molecule has 2 aromatic heterocycles. The van der Waals surface area contributed by atoms with Crippen molar-refractivity contribution in [2.45, 2.75) is 81.4 Å². The Morgan fingerprint density at radius 2 is 1.87 bits per heavy atom. The van der Waals surface area contributed by atoms with Gasteiger partial charge in [-0.05, 0) is 84.6 Å². The highest BCUT2D eigenvalue weighted by atomic mass is 79.9. The average Bonchev–Trinajstić information content (AvgIpc) is 3.18. The van der Waals surface area contributed by atoms with Crippen molar-refractivity contribution in [1.82, 2.24) is 9.97 Å². The number of aryl methyl sites for hydroxylation is 1. The van der Waals surface area contributed by atoms with Crippen LogP contribution in [0.4, 0.5) is 13.2 Å². The molecular formula is C24H28BrF3N2O. The van der Waals surface area contributed by atoms with E-state index in [2.05, 4.69) is 33.0 Å². The van der Waals surface area contributed by atoms with Gasteiger partial charge in [0.2, 0.25) is 0 Å². The Kier molecular flexibility index (Phi) is 6.73. The van der Waals surface area contributed by atoms with Crippen LogP contribution >= 0.6 is 15.9 Å². The van der Waals surface area contributed by atoms with Crippen molar-refractivity contribution in [3.63, 3.8) is 0 Å². The molecule has 1 aliphatic heterocycles. The number of pyridine rings is 2. The van der Waals surface area contributed by atoms with Gasteiger partial charge in [-0.15, -0.1) is 0 Å². The molecular weight excluding hydrogens is 469 g/mol. The van der Waals surface area contributed by atoms with E-state index in [1.54, 1.807) is 6.07 Å². The molecule has 3 heterocycles. The number of ether oxygens (including phenoxy) is 1. The van der Waals surface area contributed by atoms with Gasteiger partial charge in [0, 0.05) is 34.6 Å². The molecule has 0 unspecified atom stereocenters. The lowest BCUT2D eigenvalue weighted by atomic mass is 9.67. The highest BCUT2D eigenvalue weighted by Crippen LogP contribution is 2.50. The van der Waals surface area contributed by atoms with Gasteiger partial charge in [0.05, 0.1) is 5.60 Å². The van der Waals surface area contributed by atoms with Gasteiger partial charge in [-0.2, -0.15) is 13.2 Å². The van der Waals surface area contributed by atoms with Gasteiger partial charge in [0.1, 0.15) is 0 Å². The fraction of sp³-hybridized carbons (Fsp3) is 0.583. The van der Waals surface area contributed by atoms with Gasteiger partial charge in [0.25, 0.3) is 0 Å². The Bertz CT molecular complexity index is 884. The Labute approximate surface area is 190 Å². The van der Waals surface area contributed by atoms with E-state index in [9.17, 15) is 13.2 Å². The molecule has 0 radical (unpaired) electrons. The third-order valence-electron chi connectivity index (χ3n) is 6.91. The van der Waals surface area contributed by atoms with Crippen LogP contribution in [0.1, 0.15) is 74.7 Å². The molecule has 3 nitrogen and oxygen atoms in total. The second-order valence-electron chi connectivity index (χ2n) is 9.04. The first kappa shape index (κ1) is 22.7. The molecule has 0 bridgehead atoms. The number of halogens is 4. The van der Waals surface area contributed by atoms with E-state index < -0.39 is 11.9 Å². The summed E-state index contributed by atoms with van der Waals surface area (Å²) in [6.07, 6.45) is 9.13. The first-order valence-corrected chi connectivity index (χ1v) is 11.9. The summed E-state index contributed by atoms with van der Waals surface area (Å²) in [7, 11) is 0. The molecule has 0 amide bonds. The molecule has 168 valence electrons. The summed E-state index contributed by atoms with van der Waals surface area (Å²) >= 11 is 3.02. The lowest BCUT2D eigenvalue weighted by molar-refractivity contribution is -0.141. The maximum atomic E-state index is 12.9. The Hall–Kier alpha value is -1.47. The predicted molar refractivity (Wildman–Crippen MR) is 117 cm³/mol. The summed E-state index contributed by atoms with van der Waals surface area (Å²) in [6, 6.07) is 7.71. The van der Waals surface area contributed by atoms with E-state index in [1.807, 2.05) is 12.3 Å². The molecule has 4 rings (SSSR count). The van der Waals surface area contributed by atoms with E-state index in [0.717, 1.165) is 62.8 Å². The van der Waals surface area contributed by atoms with Crippen molar-refractivity contribution >= 4 is 15.9 Å². The Morgan fingerprint density at radius 3 is 2.55 bits per heavy atom. The summed E-state index contributed by atoms with van der Waals surface area (Å²) in [5.41, 5.74) is 1.13. The maximum absolute atomic E-state index is 12.9. The number of hydrogen-bond donors (Lipinski definition) is 0. The number of rotatable bonds is 6. The number of unbranched alkanes of at least 4 members (excludes halogenated alkanes) is 1. The maximum Gasteiger partial charge on any atom is 0.434 e. The largest absolute Gasteiger partial charge is 0.434 e.